The lowest BCUT2D eigenvalue weighted by atomic mass is 10.0. The summed E-state index contributed by atoms with van der Waals surface area (Å²) in [6.07, 6.45) is 3.24. The van der Waals surface area contributed by atoms with Crippen LogP contribution in [0.5, 0.6) is 0 Å². The number of H-pyrrole nitrogens is 2. The highest BCUT2D eigenvalue weighted by Crippen LogP contribution is 2.32. The summed E-state index contributed by atoms with van der Waals surface area (Å²) in [6.45, 7) is 1.97. The first kappa shape index (κ1) is 18.9. The molecule has 6 nitrogen and oxygen atoms in total. The molecule has 0 bridgehead atoms. The van der Waals surface area contributed by atoms with E-state index in [0.717, 1.165) is 59.6 Å². The lowest BCUT2D eigenvalue weighted by Gasteiger charge is -2.12. The molecular weight excluding hydrogens is 408 g/mol. The quantitative estimate of drug-likeness (QED) is 0.311. The number of nitrogens with zero attached hydrogens (tertiary/aromatic N) is 2. The molecule has 2 aliphatic rings. The largest absolute Gasteiger partial charge is 0.341 e. The molecule has 0 saturated carbocycles. The maximum Gasteiger partial charge on any atom is 0.136 e. The Morgan fingerprint density at radius 1 is 0.818 bits per heavy atom. The van der Waals surface area contributed by atoms with Crippen LogP contribution in [-0.2, 0) is 0 Å². The van der Waals surface area contributed by atoms with Gasteiger partial charge in [0.15, 0.2) is 0 Å². The molecule has 4 N–H and O–H groups in total. The number of hydrogen-bond donors (Lipinski definition) is 4. The van der Waals surface area contributed by atoms with Gasteiger partial charge in [0, 0.05) is 18.4 Å². The number of nitrogens with one attached hydrogen (secondary N) is 4. The molecular formula is C27H24N6. The Balaban J connectivity index is 1.27. The predicted octanol–water partition coefficient (Wildman–Crippen LogP) is 4.72. The Bertz CT molecular complexity index is 1570. The monoisotopic (exact) mass is 432 g/mol. The Kier molecular flexibility index (Phi) is 4.26. The van der Waals surface area contributed by atoms with Gasteiger partial charge in [-0.05, 0) is 60.2 Å². The van der Waals surface area contributed by atoms with Gasteiger partial charge in [-0.1, -0.05) is 36.1 Å². The van der Waals surface area contributed by atoms with E-state index in [1.165, 1.54) is 28.3 Å². The zero-order chi connectivity index (χ0) is 21.8. The Morgan fingerprint density at radius 3 is 2.61 bits per heavy atom. The van der Waals surface area contributed by atoms with E-state index in [0.29, 0.717) is 6.04 Å². The molecule has 0 aliphatic carbocycles. The van der Waals surface area contributed by atoms with Gasteiger partial charge in [-0.3, -0.25) is 5.32 Å². The topological polar surface area (TPSA) is 81.4 Å². The minimum Gasteiger partial charge on any atom is -0.341 e. The van der Waals surface area contributed by atoms with E-state index < -0.39 is 0 Å². The van der Waals surface area contributed by atoms with Crippen molar-refractivity contribution in [2.75, 3.05) is 13.1 Å². The minimum absolute atomic E-state index is 0.0177. The summed E-state index contributed by atoms with van der Waals surface area (Å²) in [5.41, 5.74) is 6.51. The number of fused-ring (bicyclic) bond motifs is 4. The van der Waals surface area contributed by atoms with Gasteiger partial charge in [-0.2, -0.15) is 0 Å². The average molecular weight is 433 g/mol. The van der Waals surface area contributed by atoms with Crippen LogP contribution in [-0.4, -0.2) is 33.0 Å². The zero-order valence-electron chi connectivity index (χ0n) is 18.2. The summed E-state index contributed by atoms with van der Waals surface area (Å²) in [7, 11) is 0. The first-order valence-electron chi connectivity index (χ1n) is 11.7. The predicted molar refractivity (Wildman–Crippen MR) is 132 cm³/mol. The number of rotatable bonds is 3. The Morgan fingerprint density at radius 2 is 1.73 bits per heavy atom. The highest BCUT2D eigenvalue weighted by Gasteiger charge is 2.20. The smallest absolute Gasteiger partial charge is 0.136 e. The molecule has 5 aromatic rings. The van der Waals surface area contributed by atoms with E-state index in [9.17, 15) is 0 Å². The molecule has 4 heterocycles. The third-order valence-corrected chi connectivity index (χ3v) is 6.83. The zero-order valence-corrected chi connectivity index (χ0v) is 18.2. The molecule has 1 saturated heterocycles. The molecule has 33 heavy (non-hydrogen) atoms. The van der Waals surface area contributed by atoms with Crippen LogP contribution in [0.1, 0.15) is 43.0 Å². The molecule has 6 heteroatoms. The van der Waals surface area contributed by atoms with Gasteiger partial charge in [-0.15, -0.1) is 0 Å². The second-order valence-electron chi connectivity index (χ2n) is 8.98. The van der Waals surface area contributed by atoms with E-state index in [-0.39, 0.29) is 6.04 Å². The molecule has 2 atom stereocenters. The van der Waals surface area contributed by atoms with Gasteiger partial charge in [0.25, 0.3) is 0 Å². The molecule has 0 radical (unpaired) electrons. The van der Waals surface area contributed by atoms with Crippen LogP contribution in [0.4, 0.5) is 0 Å². The second kappa shape index (κ2) is 7.45. The number of aromatic amines is 2. The van der Waals surface area contributed by atoms with Crippen molar-refractivity contribution in [3.05, 3.63) is 60.2 Å². The summed E-state index contributed by atoms with van der Waals surface area (Å²) >= 11 is 0. The van der Waals surface area contributed by atoms with Crippen molar-refractivity contribution in [1.82, 2.24) is 30.6 Å². The van der Waals surface area contributed by atoms with Crippen LogP contribution in [0.15, 0.2) is 48.5 Å². The van der Waals surface area contributed by atoms with E-state index in [2.05, 4.69) is 81.0 Å². The second-order valence-corrected chi connectivity index (χ2v) is 8.98. The fourth-order valence-electron chi connectivity index (χ4n) is 5.10. The molecule has 7 rings (SSSR count). The Labute approximate surface area is 191 Å². The van der Waals surface area contributed by atoms with E-state index in [1.807, 2.05) is 0 Å². The highest BCUT2D eigenvalue weighted by atomic mass is 15.0. The van der Waals surface area contributed by atoms with E-state index >= 15 is 0 Å². The number of imidazole rings is 2. The SMILES string of the molecule is C1#CC(c2nc3ccc(-c4ccc5c(ccc6[nH]c(C7CCCN7)nc65)c4)cc3[nH]2)NCC1. The minimum atomic E-state index is -0.0177. The summed E-state index contributed by atoms with van der Waals surface area (Å²) in [5.74, 6) is 8.35. The molecule has 2 aromatic heterocycles. The van der Waals surface area contributed by atoms with E-state index in [1.54, 1.807) is 0 Å². The van der Waals surface area contributed by atoms with Crippen LogP contribution in [0.3, 0.4) is 0 Å². The van der Waals surface area contributed by atoms with Crippen molar-refractivity contribution in [1.29, 1.82) is 0 Å². The van der Waals surface area contributed by atoms with E-state index in [4.69, 9.17) is 9.97 Å². The Hall–Kier alpha value is -3.66. The maximum absolute atomic E-state index is 4.97. The van der Waals surface area contributed by atoms with Gasteiger partial charge in [0.1, 0.15) is 17.7 Å². The molecule has 162 valence electrons. The van der Waals surface area contributed by atoms with Crippen molar-refractivity contribution in [3.63, 3.8) is 0 Å². The van der Waals surface area contributed by atoms with Crippen molar-refractivity contribution < 1.29 is 0 Å². The molecule has 2 unspecified atom stereocenters. The fourth-order valence-corrected chi connectivity index (χ4v) is 5.10. The standard InChI is InChI=1S/C27H24N6/c1-2-12-28-22(4-1)26-30-20-10-7-17(15-24(20)32-26)16-6-9-19-18(14-16)8-11-21-25(19)33-27(31-21)23-5-3-13-29-23/h6-11,14-15,22-23,28-29H,2-3,5,12-13H2,(H,30,32)(H,31,33). The van der Waals surface area contributed by atoms with Crippen LogP contribution in [0.25, 0.3) is 44.0 Å². The van der Waals surface area contributed by atoms with Crippen molar-refractivity contribution in [2.24, 2.45) is 0 Å². The van der Waals surface area contributed by atoms with Crippen LogP contribution in [0, 0.1) is 11.8 Å². The first-order chi connectivity index (χ1) is 16.3. The van der Waals surface area contributed by atoms with Gasteiger partial charge in [0.05, 0.1) is 28.1 Å². The van der Waals surface area contributed by atoms with Gasteiger partial charge >= 0.3 is 0 Å². The molecule has 0 spiro atoms. The lowest BCUT2D eigenvalue weighted by Crippen LogP contribution is -2.24. The van der Waals surface area contributed by atoms with Crippen LogP contribution >= 0.6 is 0 Å². The van der Waals surface area contributed by atoms with Crippen molar-refractivity contribution in [2.45, 2.75) is 31.3 Å². The number of hydrogen-bond acceptors (Lipinski definition) is 4. The average Bonchev–Trinajstić information content (AvgIpc) is 3.62. The van der Waals surface area contributed by atoms with Gasteiger partial charge in [-0.25, -0.2) is 9.97 Å². The summed E-state index contributed by atoms with van der Waals surface area (Å²) in [6, 6.07) is 17.7. The number of benzene rings is 3. The van der Waals surface area contributed by atoms with Crippen molar-refractivity contribution in [3.8, 4) is 23.0 Å². The molecule has 1 fully saturated rings. The summed E-state index contributed by atoms with van der Waals surface area (Å²) < 4.78 is 0. The fraction of sp³-hybridized carbons (Fsp3) is 0.259. The van der Waals surface area contributed by atoms with Crippen molar-refractivity contribution >= 4 is 32.8 Å². The molecule has 2 aliphatic heterocycles. The third-order valence-electron chi connectivity index (χ3n) is 6.83. The first-order valence-corrected chi connectivity index (χ1v) is 11.7. The molecule has 3 aromatic carbocycles. The molecule has 0 amide bonds. The van der Waals surface area contributed by atoms with Gasteiger partial charge < -0.3 is 15.3 Å². The van der Waals surface area contributed by atoms with Crippen LogP contribution in [0.2, 0.25) is 0 Å². The summed E-state index contributed by atoms with van der Waals surface area (Å²) in [4.78, 5) is 16.7. The maximum atomic E-state index is 4.97. The van der Waals surface area contributed by atoms with Crippen LogP contribution < -0.4 is 10.6 Å². The highest BCUT2D eigenvalue weighted by molar-refractivity contribution is 6.05. The summed E-state index contributed by atoms with van der Waals surface area (Å²) in [5, 5.41) is 9.34. The normalized spacial score (nSPS) is 20.5. The number of aromatic nitrogens is 4. The van der Waals surface area contributed by atoms with Gasteiger partial charge in [0.2, 0.25) is 0 Å². The third kappa shape index (κ3) is 3.20. The lowest BCUT2D eigenvalue weighted by molar-refractivity contribution is 0.607.